The third-order valence-electron chi connectivity index (χ3n) is 4.78. The first-order chi connectivity index (χ1) is 14.1. The number of amides is 1. The van der Waals surface area contributed by atoms with Crippen molar-refractivity contribution in [1.82, 2.24) is 10.3 Å². The van der Waals surface area contributed by atoms with Gasteiger partial charge in [0.2, 0.25) is 5.91 Å². The maximum absolute atomic E-state index is 12.5. The number of rotatable bonds is 7. The number of carbonyl (C=O) groups excluding carboxylic acids is 1. The summed E-state index contributed by atoms with van der Waals surface area (Å²) in [7, 11) is 0. The number of aromatic nitrogens is 1. The van der Waals surface area contributed by atoms with E-state index in [1.165, 1.54) is 15.1 Å². The van der Waals surface area contributed by atoms with Crippen LogP contribution in [0.25, 0.3) is 10.2 Å². The molecule has 2 heterocycles. The molecule has 0 unspecified atom stereocenters. The van der Waals surface area contributed by atoms with E-state index in [0.717, 1.165) is 22.6 Å². The molecular formula is C23H23N3OS2. The normalized spacial score (nSPS) is 13.3. The Morgan fingerprint density at radius 2 is 1.83 bits per heavy atom. The molecule has 0 aliphatic heterocycles. The highest BCUT2D eigenvalue weighted by atomic mass is 32.1. The average molecular weight is 422 g/mol. The summed E-state index contributed by atoms with van der Waals surface area (Å²) in [5, 5.41) is 9.49. The molecule has 2 N–H and O–H groups in total. The lowest BCUT2D eigenvalue weighted by atomic mass is 10.1. The summed E-state index contributed by atoms with van der Waals surface area (Å²) in [6, 6.07) is 20.2. The van der Waals surface area contributed by atoms with Crippen molar-refractivity contribution in [2.75, 3.05) is 5.32 Å². The van der Waals surface area contributed by atoms with E-state index in [9.17, 15) is 4.79 Å². The van der Waals surface area contributed by atoms with Crippen molar-refractivity contribution in [3.63, 3.8) is 0 Å². The number of anilines is 1. The van der Waals surface area contributed by atoms with Crippen molar-refractivity contribution in [2.24, 2.45) is 0 Å². The summed E-state index contributed by atoms with van der Waals surface area (Å²) in [4.78, 5) is 18.4. The molecule has 0 bridgehead atoms. The smallest absolute Gasteiger partial charge is 0.241 e. The van der Waals surface area contributed by atoms with Crippen LogP contribution >= 0.6 is 22.7 Å². The number of nitrogens with one attached hydrogen (secondary N) is 2. The van der Waals surface area contributed by atoms with Gasteiger partial charge >= 0.3 is 0 Å². The minimum atomic E-state index is -0.283. The SMILES string of the molecule is C[C@H](N[C@H](C)c1cccs1)C(=O)Nc1ccc(Cc2nc3ccccc3s2)cc1. The van der Waals surface area contributed by atoms with E-state index in [0.29, 0.717) is 0 Å². The van der Waals surface area contributed by atoms with Gasteiger partial charge in [-0.05, 0) is 55.1 Å². The number of fused-ring (bicyclic) bond motifs is 1. The molecule has 148 valence electrons. The number of nitrogens with zero attached hydrogens (tertiary/aromatic N) is 1. The topological polar surface area (TPSA) is 54.0 Å². The lowest BCUT2D eigenvalue weighted by Gasteiger charge is -2.19. The molecular weight excluding hydrogens is 398 g/mol. The second-order valence-corrected chi connectivity index (χ2v) is 9.16. The fraction of sp³-hybridized carbons (Fsp3) is 0.217. The highest BCUT2D eigenvalue weighted by Gasteiger charge is 2.17. The van der Waals surface area contributed by atoms with Crippen molar-refractivity contribution in [3.05, 3.63) is 81.5 Å². The summed E-state index contributed by atoms with van der Waals surface area (Å²) < 4.78 is 1.21. The van der Waals surface area contributed by atoms with Crippen molar-refractivity contribution >= 4 is 44.5 Å². The highest BCUT2D eigenvalue weighted by Crippen LogP contribution is 2.24. The van der Waals surface area contributed by atoms with Gasteiger partial charge in [-0.1, -0.05) is 30.3 Å². The van der Waals surface area contributed by atoms with Gasteiger partial charge < -0.3 is 5.32 Å². The fourth-order valence-electron chi connectivity index (χ4n) is 3.20. The van der Waals surface area contributed by atoms with E-state index in [4.69, 9.17) is 4.98 Å². The second-order valence-electron chi connectivity index (χ2n) is 7.06. The maximum Gasteiger partial charge on any atom is 0.241 e. The van der Waals surface area contributed by atoms with Gasteiger partial charge in [0.15, 0.2) is 0 Å². The molecule has 6 heteroatoms. The quantitative estimate of drug-likeness (QED) is 0.407. The van der Waals surface area contributed by atoms with Gasteiger partial charge in [0, 0.05) is 23.0 Å². The molecule has 0 fully saturated rings. The van der Waals surface area contributed by atoms with Crippen molar-refractivity contribution in [1.29, 1.82) is 0 Å². The first-order valence-electron chi connectivity index (χ1n) is 9.62. The van der Waals surface area contributed by atoms with Crippen LogP contribution in [0, 0.1) is 0 Å². The van der Waals surface area contributed by atoms with Crippen LogP contribution in [0.2, 0.25) is 0 Å². The number of hydrogen-bond donors (Lipinski definition) is 2. The zero-order valence-electron chi connectivity index (χ0n) is 16.4. The number of thiazole rings is 1. The Kier molecular flexibility index (Phi) is 6.04. The molecule has 2 aromatic carbocycles. The monoisotopic (exact) mass is 421 g/mol. The summed E-state index contributed by atoms with van der Waals surface area (Å²) in [5.41, 5.74) is 3.04. The van der Waals surface area contributed by atoms with Crippen LogP contribution in [0.15, 0.2) is 66.0 Å². The second kappa shape index (κ2) is 8.86. The third-order valence-corrected chi connectivity index (χ3v) is 6.87. The Labute approximate surface area is 178 Å². The van der Waals surface area contributed by atoms with E-state index < -0.39 is 0 Å². The van der Waals surface area contributed by atoms with Crippen LogP contribution in [0.1, 0.15) is 35.3 Å². The number of carbonyl (C=O) groups is 1. The summed E-state index contributed by atoms with van der Waals surface area (Å²) in [6.45, 7) is 3.97. The van der Waals surface area contributed by atoms with E-state index in [1.807, 2.05) is 60.8 Å². The predicted molar refractivity (Wildman–Crippen MR) is 123 cm³/mol. The molecule has 4 aromatic rings. The standard InChI is InChI=1S/C23H23N3OS2/c1-15(20-8-5-13-28-20)24-16(2)23(27)25-18-11-9-17(10-12-18)14-22-26-19-6-3-4-7-21(19)29-22/h3-13,15-16,24H,14H2,1-2H3,(H,25,27)/t15-,16+/m1/s1. The molecule has 2 atom stereocenters. The lowest BCUT2D eigenvalue weighted by molar-refractivity contribution is -0.117. The zero-order valence-corrected chi connectivity index (χ0v) is 18.0. The molecule has 0 aliphatic carbocycles. The third kappa shape index (κ3) is 4.90. The van der Waals surface area contributed by atoms with E-state index in [-0.39, 0.29) is 18.0 Å². The van der Waals surface area contributed by atoms with E-state index >= 15 is 0 Å². The van der Waals surface area contributed by atoms with Gasteiger partial charge in [-0.2, -0.15) is 0 Å². The molecule has 29 heavy (non-hydrogen) atoms. The Hall–Kier alpha value is -2.54. The molecule has 1 amide bonds. The largest absolute Gasteiger partial charge is 0.325 e. The fourth-order valence-corrected chi connectivity index (χ4v) is 4.94. The maximum atomic E-state index is 12.5. The Morgan fingerprint density at radius 1 is 1.03 bits per heavy atom. The van der Waals surface area contributed by atoms with E-state index in [1.54, 1.807) is 22.7 Å². The summed E-state index contributed by atoms with van der Waals surface area (Å²) in [6.07, 6.45) is 0.795. The van der Waals surface area contributed by atoms with Gasteiger partial charge in [-0.25, -0.2) is 4.98 Å². The summed E-state index contributed by atoms with van der Waals surface area (Å²) in [5.74, 6) is -0.0349. The Balaban J connectivity index is 1.34. The van der Waals surface area contributed by atoms with Crippen molar-refractivity contribution in [3.8, 4) is 0 Å². The van der Waals surface area contributed by atoms with Crippen LogP contribution in [-0.2, 0) is 11.2 Å². The van der Waals surface area contributed by atoms with E-state index in [2.05, 4.69) is 29.7 Å². The van der Waals surface area contributed by atoms with Gasteiger partial charge in [-0.15, -0.1) is 22.7 Å². The van der Waals surface area contributed by atoms with Crippen molar-refractivity contribution in [2.45, 2.75) is 32.4 Å². The van der Waals surface area contributed by atoms with Crippen LogP contribution in [0.3, 0.4) is 0 Å². The first-order valence-corrected chi connectivity index (χ1v) is 11.3. The zero-order chi connectivity index (χ0) is 20.2. The van der Waals surface area contributed by atoms with Crippen molar-refractivity contribution < 1.29 is 4.79 Å². The number of thiophene rings is 1. The van der Waals surface area contributed by atoms with Crippen LogP contribution in [0.4, 0.5) is 5.69 Å². The predicted octanol–water partition coefficient (Wildman–Crippen LogP) is 5.63. The van der Waals surface area contributed by atoms with Gasteiger partial charge in [0.25, 0.3) is 0 Å². The van der Waals surface area contributed by atoms with Crippen LogP contribution < -0.4 is 10.6 Å². The molecule has 4 rings (SSSR count). The molecule has 0 aliphatic rings. The molecule has 0 spiro atoms. The molecule has 4 nitrogen and oxygen atoms in total. The highest BCUT2D eigenvalue weighted by molar-refractivity contribution is 7.18. The number of benzene rings is 2. The van der Waals surface area contributed by atoms with Crippen LogP contribution in [0.5, 0.6) is 0 Å². The van der Waals surface area contributed by atoms with Gasteiger partial charge in [0.05, 0.1) is 21.3 Å². The first kappa shape index (κ1) is 19.8. The minimum Gasteiger partial charge on any atom is -0.325 e. The average Bonchev–Trinajstić information content (AvgIpc) is 3.39. The minimum absolute atomic E-state index is 0.0349. The lowest BCUT2D eigenvalue weighted by Crippen LogP contribution is -2.39. The van der Waals surface area contributed by atoms with Gasteiger partial charge in [0.1, 0.15) is 0 Å². The molecule has 0 saturated carbocycles. The Morgan fingerprint density at radius 3 is 2.55 bits per heavy atom. The molecule has 2 aromatic heterocycles. The van der Waals surface area contributed by atoms with Gasteiger partial charge in [-0.3, -0.25) is 10.1 Å². The van der Waals surface area contributed by atoms with Crippen LogP contribution in [-0.4, -0.2) is 16.9 Å². The summed E-state index contributed by atoms with van der Waals surface area (Å²) >= 11 is 3.42. The Bertz CT molecular complexity index is 1050. The molecule has 0 saturated heterocycles. The number of para-hydroxylation sites is 1. The molecule has 0 radical (unpaired) electrons. The number of hydrogen-bond acceptors (Lipinski definition) is 5.